The van der Waals surface area contributed by atoms with Gasteiger partial charge in [-0.2, -0.15) is 5.26 Å². The number of benzene rings is 2. The zero-order valence-corrected chi connectivity index (χ0v) is 22.6. The first-order chi connectivity index (χ1) is 17.7. The van der Waals surface area contributed by atoms with E-state index in [1.165, 1.54) is 24.3 Å². The summed E-state index contributed by atoms with van der Waals surface area (Å²) in [7, 11) is 0. The van der Waals surface area contributed by atoms with Crippen LogP contribution in [0.15, 0.2) is 36.4 Å². The SMILES string of the molecule is CC(C)(C)C[C@@H]1N[C@@H](C(=O)NC2CC2)[C@H](c2cccc(Cl)c2F)[C@@]1(C#N)c1ccc(Cl)cc1F.O=C(O)O. The first-order valence-electron chi connectivity index (χ1n) is 12.0. The average molecular weight is 568 g/mol. The molecule has 204 valence electrons. The van der Waals surface area contributed by atoms with Crippen molar-refractivity contribution in [3.8, 4) is 6.07 Å². The molecule has 2 fully saturated rings. The molecule has 1 heterocycles. The van der Waals surface area contributed by atoms with Gasteiger partial charge in [-0.3, -0.25) is 4.79 Å². The number of carboxylic acid groups (broad SMARTS) is 2. The molecule has 1 saturated heterocycles. The van der Waals surface area contributed by atoms with E-state index in [0.717, 1.165) is 18.9 Å². The number of carbonyl (C=O) groups excluding carboxylic acids is 1. The zero-order chi connectivity index (χ0) is 28.4. The summed E-state index contributed by atoms with van der Waals surface area (Å²) in [5.41, 5.74) is -1.70. The average Bonchev–Trinajstić information content (AvgIpc) is 3.55. The molecular weight excluding hydrogens is 539 g/mol. The maximum atomic E-state index is 15.5. The molecule has 11 heteroatoms. The van der Waals surface area contributed by atoms with Crippen LogP contribution in [0.2, 0.25) is 10.0 Å². The molecule has 0 unspecified atom stereocenters. The fourth-order valence-electron chi connectivity index (χ4n) is 5.08. The molecular formula is C27H29Cl2F2N3O4. The Morgan fingerprint density at radius 3 is 2.34 bits per heavy atom. The van der Waals surface area contributed by atoms with Gasteiger partial charge in [-0.25, -0.2) is 13.6 Å². The first-order valence-corrected chi connectivity index (χ1v) is 12.8. The Morgan fingerprint density at radius 2 is 1.82 bits per heavy atom. The molecule has 0 radical (unpaired) electrons. The molecule has 1 saturated carbocycles. The number of hydrogen-bond donors (Lipinski definition) is 4. The van der Waals surface area contributed by atoms with E-state index < -0.39 is 41.2 Å². The molecule has 4 N–H and O–H groups in total. The standard InChI is InChI=1S/C26H27Cl2F2N3O.CH2O3/c1-25(2,3)12-20-26(13-31,17-10-7-14(27)11-19(17)29)21(16-5-4-6-18(28)22(16)30)23(33-20)24(34)32-15-8-9-15;2-1(3)4/h4-7,10-11,15,20-21,23,33H,8-9,12H2,1-3H3,(H,32,34);(H2,2,3,4)/t20-,21-,23+,26-;/m0./s1. The number of amides is 1. The van der Waals surface area contributed by atoms with E-state index in [1.54, 1.807) is 6.07 Å². The van der Waals surface area contributed by atoms with Gasteiger partial charge in [0.15, 0.2) is 0 Å². The number of nitrogens with zero attached hydrogens (tertiary/aromatic N) is 1. The smallest absolute Gasteiger partial charge is 0.450 e. The molecule has 1 amide bonds. The van der Waals surface area contributed by atoms with Crippen LogP contribution in [0.4, 0.5) is 13.6 Å². The van der Waals surface area contributed by atoms with Crippen LogP contribution in [0.5, 0.6) is 0 Å². The quantitative estimate of drug-likeness (QED) is 0.346. The van der Waals surface area contributed by atoms with Crippen molar-refractivity contribution in [1.82, 2.24) is 10.6 Å². The Balaban J connectivity index is 0.000000934. The van der Waals surface area contributed by atoms with Gasteiger partial charge >= 0.3 is 6.16 Å². The highest BCUT2D eigenvalue weighted by Gasteiger charge is 2.61. The second-order valence-corrected chi connectivity index (χ2v) is 11.6. The summed E-state index contributed by atoms with van der Waals surface area (Å²) in [6.45, 7) is 6.00. The van der Waals surface area contributed by atoms with Crippen LogP contribution in [0.1, 0.15) is 57.1 Å². The minimum atomic E-state index is -1.83. The molecule has 1 aliphatic carbocycles. The normalized spacial score (nSPS) is 24.6. The summed E-state index contributed by atoms with van der Waals surface area (Å²) in [5, 5.41) is 31.0. The molecule has 1 aliphatic heterocycles. The van der Waals surface area contributed by atoms with E-state index >= 15 is 8.78 Å². The third-order valence-electron chi connectivity index (χ3n) is 6.66. The van der Waals surface area contributed by atoms with Gasteiger partial charge in [-0.15, -0.1) is 0 Å². The molecule has 4 rings (SSSR count). The van der Waals surface area contributed by atoms with Crippen molar-refractivity contribution in [3.63, 3.8) is 0 Å². The maximum Gasteiger partial charge on any atom is 0.503 e. The van der Waals surface area contributed by atoms with Crippen LogP contribution < -0.4 is 10.6 Å². The lowest BCUT2D eigenvalue weighted by Gasteiger charge is -2.37. The topological polar surface area (TPSA) is 122 Å². The van der Waals surface area contributed by atoms with E-state index in [4.69, 9.17) is 38.2 Å². The fourth-order valence-corrected chi connectivity index (χ4v) is 5.42. The lowest BCUT2D eigenvalue weighted by Crippen LogP contribution is -2.46. The summed E-state index contributed by atoms with van der Waals surface area (Å²) in [4.78, 5) is 22.0. The summed E-state index contributed by atoms with van der Waals surface area (Å²) in [6, 6.07) is 9.42. The second-order valence-electron chi connectivity index (χ2n) is 10.8. The maximum absolute atomic E-state index is 15.5. The molecule has 7 nitrogen and oxygen atoms in total. The van der Waals surface area contributed by atoms with Gasteiger partial charge in [-0.1, -0.05) is 62.2 Å². The number of nitriles is 1. The Labute approximate surface area is 229 Å². The minimum Gasteiger partial charge on any atom is -0.450 e. The van der Waals surface area contributed by atoms with Crippen LogP contribution in [-0.4, -0.2) is 40.4 Å². The van der Waals surface area contributed by atoms with E-state index in [1.807, 2.05) is 20.8 Å². The minimum absolute atomic E-state index is 0.0598. The van der Waals surface area contributed by atoms with Gasteiger partial charge in [0.25, 0.3) is 0 Å². The molecule has 38 heavy (non-hydrogen) atoms. The van der Waals surface area contributed by atoms with Crippen molar-refractivity contribution in [2.45, 2.75) is 69.5 Å². The zero-order valence-electron chi connectivity index (χ0n) is 21.1. The molecule has 2 aromatic rings. The van der Waals surface area contributed by atoms with Crippen LogP contribution in [0.3, 0.4) is 0 Å². The van der Waals surface area contributed by atoms with Crippen molar-refractivity contribution in [1.29, 1.82) is 5.26 Å². The number of carbonyl (C=O) groups is 2. The lowest BCUT2D eigenvalue weighted by molar-refractivity contribution is -0.123. The van der Waals surface area contributed by atoms with Crippen molar-refractivity contribution in [2.24, 2.45) is 5.41 Å². The van der Waals surface area contributed by atoms with E-state index in [2.05, 4.69) is 16.7 Å². The van der Waals surface area contributed by atoms with Gasteiger partial charge in [0.1, 0.15) is 17.0 Å². The highest BCUT2D eigenvalue weighted by atomic mass is 35.5. The number of halogens is 4. The second kappa shape index (κ2) is 11.4. The van der Waals surface area contributed by atoms with Crippen LogP contribution in [-0.2, 0) is 10.2 Å². The molecule has 0 bridgehead atoms. The molecule has 2 aliphatic rings. The van der Waals surface area contributed by atoms with E-state index in [-0.39, 0.29) is 38.5 Å². The van der Waals surface area contributed by atoms with Crippen molar-refractivity contribution >= 4 is 35.3 Å². The van der Waals surface area contributed by atoms with E-state index in [0.29, 0.717) is 6.42 Å². The molecule has 0 aromatic heterocycles. The van der Waals surface area contributed by atoms with Crippen LogP contribution >= 0.6 is 23.2 Å². The van der Waals surface area contributed by atoms with Gasteiger partial charge in [-0.05, 0) is 48.4 Å². The number of nitrogens with one attached hydrogen (secondary N) is 2. The summed E-state index contributed by atoms with van der Waals surface area (Å²) in [6.07, 6.45) is 0.346. The monoisotopic (exact) mass is 567 g/mol. The van der Waals surface area contributed by atoms with Gasteiger partial charge in [0.2, 0.25) is 5.91 Å². The summed E-state index contributed by atoms with van der Waals surface area (Å²) >= 11 is 12.1. The molecule has 2 aromatic carbocycles. The van der Waals surface area contributed by atoms with Gasteiger partial charge in [0, 0.05) is 28.6 Å². The van der Waals surface area contributed by atoms with Crippen molar-refractivity contribution in [2.75, 3.05) is 0 Å². The molecule has 0 spiro atoms. The Bertz CT molecular complexity index is 1260. The fraction of sp³-hybridized carbons (Fsp3) is 0.444. The van der Waals surface area contributed by atoms with Crippen molar-refractivity contribution < 1.29 is 28.6 Å². The van der Waals surface area contributed by atoms with Gasteiger partial charge in [0.05, 0.1) is 17.1 Å². The Hall–Kier alpha value is -2.93. The Kier molecular flexibility index (Phi) is 8.92. The third-order valence-corrected chi connectivity index (χ3v) is 7.18. The van der Waals surface area contributed by atoms with Crippen molar-refractivity contribution in [3.05, 3.63) is 69.2 Å². The van der Waals surface area contributed by atoms with Crippen LogP contribution in [0, 0.1) is 28.4 Å². The lowest BCUT2D eigenvalue weighted by atomic mass is 9.62. The predicted molar refractivity (Wildman–Crippen MR) is 139 cm³/mol. The van der Waals surface area contributed by atoms with Crippen LogP contribution in [0.25, 0.3) is 0 Å². The number of hydrogen-bond acceptors (Lipinski definition) is 4. The van der Waals surface area contributed by atoms with E-state index in [9.17, 15) is 10.1 Å². The highest BCUT2D eigenvalue weighted by molar-refractivity contribution is 6.31. The highest BCUT2D eigenvalue weighted by Crippen LogP contribution is 2.52. The molecule has 4 atom stereocenters. The predicted octanol–water partition coefficient (Wildman–Crippen LogP) is 6.09. The third kappa shape index (κ3) is 6.37. The first kappa shape index (κ1) is 29.6. The largest absolute Gasteiger partial charge is 0.503 e. The summed E-state index contributed by atoms with van der Waals surface area (Å²) < 4.78 is 30.9. The van der Waals surface area contributed by atoms with Gasteiger partial charge < -0.3 is 20.8 Å². The number of rotatable bonds is 5. The Morgan fingerprint density at radius 1 is 1.18 bits per heavy atom. The summed E-state index contributed by atoms with van der Waals surface area (Å²) in [5.74, 6) is -2.76.